The van der Waals surface area contributed by atoms with Gasteiger partial charge in [-0.3, -0.25) is 4.79 Å². The fourth-order valence-corrected chi connectivity index (χ4v) is 3.13. The minimum atomic E-state index is -0.384. The van der Waals surface area contributed by atoms with Crippen molar-refractivity contribution in [3.05, 3.63) is 64.7 Å². The first-order chi connectivity index (χ1) is 10.6. The molecule has 1 aromatic heterocycles. The van der Waals surface area contributed by atoms with Gasteiger partial charge in [-0.05, 0) is 23.8 Å². The molecule has 4 nitrogen and oxygen atoms in total. The highest BCUT2D eigenvalue weighted by Gasteiger charge is 2.07. The maximum atomic E-state index is 13.5. The zero-order valence-electron chi connectivity index (χ0n) is 11.9. The van der Waals surface area contributed by atoms with Gasteiger partial charge >= 0.3 is 0 Å². The monoisotopic (exact) mass is 315 g/mol. The number of carbonyl (C=O) groups excluding carboxylic acids is 1. The van der Waals surface area contributed by atoms with Gasteiger partial charge in [-0.15, -0.1) is 5.10 Å². The number of carbonyl (C=O) groups is 1. The van der Waals surface area contributed by atoms with Crippen molar-refractivity contribution in [2.75, 3.05) is 0 Å². The Morgan fingerprint density at radius 3 is 2.73 bits per heavy atom. The normalized spacial score (nSPS) is 11.8. The van der Waals surface area contributed by atoms with E-state index in [2.05, 4.69) is 10.5 Å². The van der Waals surface area contributed by atoms with Crippen LogP contribution in [-0.2, 0) is 18.3 Å². The average Bonchev–Trinajstić information content (AvgIpc) is 2.84. The van der Waals surface area contributed by atoms with Crippen LogP contribution in [0.15, 0.2) is 53.6 Å². The lowest BCUT2D eigenvalue weighted by atomic mass is 10.1. The quantitative estimate of drug-likeness (QED) is 0.742. The van der Waals surface area contributed by atoms with Crippen LogP contribution >= 0.6 is 11.3 Å². The number of para-hydroxylation sites is 1. The molecule has 3 rings (SSSR count). The first-order valence-electron chi connectivity index (χ1n) is 6.75. The smallest absolute Gasteiger partial charge is 0.244 e. The van der Waals surface area contributed by atoms with Gasteiger partial charge in [0.05, 0.1) is 16.6 Å². The largest absolute Gasteiger partial charge is 0.318 e. The van der Waals surface area contributed by atoms with Crippen molar-refractivity contribution in [1.29, 1.82) is 0 Å². The van der Waals surface area contributed by atoms with E-state index in [1.165, 1.54) is 17.4 Å². The highest BCUT2D eigenvalue weighted by atomic mass is 32.1. The van der Waals surface area contributed by atoms with Crippen molar-refractivity contribution in [3.8, 4) is 0 Å². The Morgan fingerprint density at radius 1 is 1.23 bits per heavy atom. The number of nitrogens with zero attached hydrogens (tertiary/aromatic N) is 2. The zero-order chi connectivity index (χ0) is 15.5. The van der Waals surface area contributed by atoms with Crippen molar-refractivity contribution >= 4 is 27.5 Å². The number of nitrogens with one attached hydrogen (secondary N) is 1. The van der Waals surface area contributed by atoms with Crippen LogP contribution in [0.4, 0.5) is 4.39 Å². The summed E-state index contributed by atoms with van der Waals surface area (Å²) in [6.45, 7) is 0. The molecule has 6 heteroatoms. The number of fused-ring (bicyclic) bond motifs is 1. The lowest BCUT2D eigenvalue weighted by Gasteiger charge is -2.01. The number of halogens is 1. The Hall–Kier alpha value is -2.47. The Morgan fingerprint density at radius 2 is 1.95 bits per heavy atom. The van der Waals surface area contributed by atoms with Crippen molar-refractivity contribution < 1.29 is 9.18 Å². The van der Waals surface area contributed by atoms with Gasteiger partial charge in [-0.2, -0.15) is 0 Å². The molecule has 1 amide bonds. The maximum absolute atomic E-state index is 13.5. The Bertz CT molecular complexity index is 898. The summed E-state index contributed by atoms with van der Waals surface area (Å²) in [6.07, 6.45) is -0.0369. The number of benzene rings is 2. The molecule has 0 atom stereocenters. The second-order valence-corrected chi connectivity index (χ2v) is 5.84. The zero-order valence-corrected chi connectivity index (χ0v) is 12.7. The lowest BCUT2D eigenvalue weighted by Crippen LogP contribution is -2.24. The summed E-state index contributed by atoms with van der Waals surface area (Å²) < 4.78 is 16.5. The number of aromatic nitrogens is 1. The van der Waals surface area contributed by atoms with Crippen LogP contribution in [0.2, 0.25) is 0 Å². The molecular formula is C16H14FN3OS. The van der Waals surface area contributed by atoms with Crippen LogP contribution in [0.3, 0.4) is 0 Å². The maximum Gasteiger partial charge on any atom is 0.244 e. The molecule has 0 radical (unpaired) electrons. The molecule has 0 unspecified atom stereocenters. The molecule has 3 aromatic rings. The molecule has 0 saturated carbocycles. The van der Waals surface area contributed by atoms with Crippen LogP contribution < -0.4 is 10.2 Å². The van der Waals surface area contributed by atoms with Crippen LogP contribution in [0.1, 0.15) is 5.56 Å². The molecule has 0 aliphatic rings. The average molecular weight is 315 g/mol. The third-order valence-electron chi connectivity index (χ3n) is 3.30. The molecule has 0 saturated heterocycles. The highest BCUT2D eigenvalue weighted by molar-refractivity contribution is 7.16. The van der Waals surface area contributed by atoms with E-state index in [4.69, 9.17) is 0 Å². The minimum Gasteiger partial charge on any atom is -0.318 e. The second kappa shape index (κ2) is 6.11. The lowest BCUT2D eigenvalue weighted by molar-refractivity contribution is -0.120. The van der Waals surface area contributed by atoms with Gasteiger partial charge in [0, 0.05) is 7.05 Å². The van der Waals surface area contributed by atoms with Gasteiger partial charge in [0.1, 0.15) is 5.82 Å². The molecule has 0 spiro atoms. The predicted octanol–water partition coefficient (Wildman–Crippen LogP) is 2.55. The van der Waals surface area contributed by atoms with Crippen molar-refractivity contribution in [2.45, 2.75) is 6.42 Å². The fourth-order valence-electron chi connectivity index (χ4n) is 2.15. The predicted molar refractivity (Wildman–Crippen MR) is 84.6 cm³/mol. The third-order valence-corrected chi connectivity index (χ3v) is 4.41. The first kappa shape index (κ1) is 14.5. The van der Waals surface area contributed by atoms with Crippen LogP contribution in [0.5, 0.6) is 0 Å². The summed E-state index contributed by atoms with van der Waals surface area (Å²) in [7, 11) is 1.89. The van der Waals surface area contributed by atoms with E-state index >= 15 is 0 Å². The van der Waals surface area contributed by atoms with Gasteiger partial charge < -0.3 is 4.57 Å². The summed E-state index contributed by atoms with van der Waals surface area (Å²) in [6, 6.07) is 14.1. The second-order valence-electron chi connectivity index (χ2n) is 4.83. The first-order valence-corrected chi connectivity index (χ1v) is 7.57. The van der Waals surface area contributed by atoms with E-state index in [1.54, 1.807) is 18.2 Å². The number of rotatable bonds is 3. The number of aryl methyl sites for hydroxylation is 1. The van der Waals surface area contributed by atoms with Gasteiger partial charge in [0.2, 0.25) is 10.7 Å². The van der Waals surface area contributed by atoms with Crippen LogP contribution in [-0.4, -0.2) is 10.5 Å². The standard InChI is InChI=1S/C16H14FN3OS/c1-20-13-8-4-5-9-14(13)22-16(20)19-18-15(21)10-11-6-2-3-7-12(11)17/h2-9H,10H2,1H3,(H,18,21)/b19-16+. The number of hydrogen-bond donors (Lipinski definition) is 1. The number of thiazole rings is 1. The SMILES string of the molecule is Cn1/c(=N\NC(=O)Cc2ccccc2F)sc2ccccc21. The van der Waals surface area contributed by atoms with E-state index in [0.29, 0.717) is 10.4 Å². The van der Waals surface area contributed by atoms with E-state index in [9.17, 15) is 9.18 Å². The van der Waals surface area contributed by atoms with Gasteiger partial charge in [-0.25, -0.2) is 9.82 Å². The number of hydrogen-bond acceptors (Lipinski definition) is 3. The van der Waals surface area contributed by atoms with Crippen LogP contribution in [0.25, 0.3) is 10.2 Å². The highest BCUT2D eigenvalue weighted by Crippen LogP contribution is 2.14. The van der Waals surface area contributed by atoms with Gasteiger partial charge in [-0.1, -0.05) is 41.7 Å². The van der Waals surface area contributed by atoms with Gasteiger partial charge in [0.25, 0.3) is 0 Å². The molecule has 22 heavy (non-hydrogen) atoms. The molecule has 0 aliphatic carbocycles. The van der Waals surface area contributed by atoms with Crippen molar-refractivity contribution in [2.24, 2.45) is 12.1 Å². The molecule has 0 bridgehead atoms. The van der Waals surface area contributed by atoms with Crippen molar-refractivity contribution in [1.82, 2.24) is 9.99 Å². The van der Waals surface area contributed by atoms with E-state index in [1.807, 2.05) is 35.9 Å². The van der Waals surface area contributed by atoms with Crippen molar-refractivity contribution in [3.63, 3.8) is 0 Å². The van der Waals surface area contributed by atoms with E-state index < -0.39 is 0 Å². The molecule has 0 fully saturated rings. The Labute approximate surface area is 130 Å². The summed E-state index contributed by atoms with van der Waals surface area (Å²) in [5, 5.41) is 4.13. The fraction of sp³-hybridized carbons (Fsp3) is 0.125. The van der Waals surface area contributed by atoms with Gasteiger partial charge in [0.15, 0.2) is 0 Å². The molecule has 2 aromatic carbocycles. The summed E-state index contributed by atoms with van der Waals surface area (Å²) >= 11 is 1.48. The molecule has 0 aliphatic heterocycles. The molecule has 112 valence electrons. The van der Waals surface area contributed by atoms with E-state index in [0.717, 1.165) is 10.2 Å². The molecule has 1 heterocycles. The molecular weight excluding hydrogens is 301 g/mol. The van der Waals surface area contributed by atoms with E-state index in [-0.39, 0.29) is 18.1 Å². The topological polar surface area (TPSA) is 46.4 Å². The number of amides is 1. The summed E-state index contributed by atoms with van der Waals surface area (Å²) in [5.41, 5.74) is 3.89. The Kier molecular flexibility index (Phi) is 4.02. The molecule has 1 N–H and O–H groups in total. The summed E-state index contributed by atoms with van der Waals surface area (Å²) in [4.78, 5) is 12.6. The third kappa shape index (κ3) is 2.92. The summed E-state index contributed by atoms with van der Waals surface area (Å²) in [5.74, 6) is -0.729. The van der Waals surface area contributed by atoms with Crippen LogP contribution in [0, 0.1) is 5.82 Å². The Balaban J connectivity index is 1.79. The minimum absolute atomic E-state index is 0.0369.